The van der Waals surface area contributed by atoms with Crippen LogP contribution in [0, 0.1) is 0 Å². The maximum atomic E-state index is 12.2. The van der Waals surface area contributed by atoms with E-state index in [2.05, 4.69) is 15.6 Å². The van der Waals surface area contributed by atoms with Gasteiger partial charge in [0.2, 0.25) is 11.8 Å². The molecule has 2 aromatic rings. The van der Waals surface area contributed by atoms with Gasteiger partial charge in [0.1, 0.15) is 6.04 Å². The molecule has 5 nitrogen and oxygen atoms in total. The third kappa shape index (κ3) is 5.14. The molecule has 6 heteroatoms. The van der Waals surface area contributed by atoms with Crippen molar-refractivity contribution in [2.45, 2.75) is 32.9 Å². The molecule has 0 fully saturated rings. The second kappa shape index (κ2) is 7.83. The number of carbonyl (C=O) groups is 1. The summed E-state index contributed by atoms with van der Waals surface area (Å²) in [5, 5.41) is 6.38. The van der Waals surface area contributed by atoms with E-state index < -0.39 is 6.04 Å². The van der Waals surface area contributed by atoms with Gasteiger partial charge in [0, 0.05) is 6.07 Å². The highest BCUT2D eigenvalue weighted by Crippen LogP contribution is 2.21. The zero-order valence-electron chi connectivity index (χ0n) is 13.3. The van der Waals surface area contributed by atoms with Gasteiger partial charge in [0.05, 0.1) is 28.7 Å². The molecule has 1 amide bonds. The van der Waals surface area contributed by atoms with Crippen LogP contribution in [0.2, 0.25) is 5.02 Å². The van der Waals surface area contributed by atoms with Crippen LogP contribution in [0.4, 0.5) is 11.4 Å². The Balaban J connectivity index is 1.94. The largest absolute Gasteiger partial charge is 0.475 e. The maximum absolute atomic E-state index is 12.2. The maximum Gasteiger partial charge on any atom is 0.246 e. The Morgan fingerprint density at radius 3 is 2.52 bits per heavy atom. The molecule has 0 saturated carbocycles. The Hall–Kier alpha value is -2.27. The zero-order chi connectivity index (χ0) is 16.8. The molecule has 122 valence electrons. The number of ether oxygens (including phenoxy) is 1. The van der Waals surface area contributed by atoms with Gasteiger partial charge in [-0.1, -0.05) is 23.7 Å². The molecular formula is C17H20ClN3O2. The summed E-state index contributed by atoms with van der Waals surface area (Å²) >= 11 is 6.03. The second-order valence-electron chi connectivity index (χ2n) is 5.39. The Labute approximate surface area is 141 Å². The van der Waals surface area contributed by atoms with Gasteiger partial charge in [-0.2, -0.15) is 0 Å². The average molecular weight is 334 g/mol. The van der Waals surface area contributed by atoms with Crippen LogP contribution in [0.25, 0.3) is 0 Å². The molecule has 0 spiro atoms. The highest BCUT2D eigenvalue weighted by Gasteiger charge is 2.14. The number of para-hydroxylation sites is 1. The topological polar surface area (TPSA) is 63.2 Å². The molecule has 1 heterocycles. The van der Waals surface area contributed by atoms with Crippen molar-refractivity contribution in [2.75, 3.05) is 10.6 Å². The van der Waals surface area contributed by atoms with Crippen LogP contribution in [0.3, 0.4) is 0 Å². The molecule has 23 heavy (non-hydrogen) atoms. The van der Waals surface area contributed by atoms with E-state index >= 15 is 0 Å². The number of pyridine rings is 1. The van der Waals surface area contributed by atoms with Gasteiger partial charge in [-0.05, 0) is 39.0 Å². The lowest BCUT2D eigenvalue weighted by molar-refractivity contribution is -0.116. The minimum absolute atomic E-state index is 0.0710. The number of rotatable bonds is 6. The number of amides is 1. The van der Waals surface area contributed by atoms with Crippen molar-refractivity contribution in [3.63, 3.8) is 0 Å². The first kappa shape index (κ1) is 17.1. The molecule has 0 saturated heterocycles. The monoisotopic (exact) mass is 333 g/mol. The number of aromatic nitrogens is 1. The van der Waals surface area contributed by atoms with Crippen molar-refractivity contribution in [3.8, 4) is 5.88 Å². The molecule has 1 atom stereocenters. The molecule has 0 unspecified atom stereocenters. The Morgan fingerprint density at radius 2 is 1.91 bits per heavy atom. The van der Waals surface area contributed by atoms with Gasteiger partial charge in [0.15, 0.2) is 0 Å². The lowest BCUT2D eigenvalue weighted by atomic mass is 10.2. The van der Waals surface area contributed by atoms with E-state index in [0.717, 1.165) is 5.69 Å². The van der Waals surface area contributed by atoms with Crippen molar-refractivity contribution in [1.29, 1.82) is 0 Å². The van der Waals surface area contributed by atoms with Crippen LogP contribution in [-0.2, 0) is 4.79 Å². The lowest BCUT2D eigenvalue weighted by Crippen LogP contribution is -2.32. The van der Waals surface area contributed by atoms with E-state index in [1.807, 2.05) is 32.0 Å². The van der Waals surface area contributed by atoms with Crippen LogP contribution < -0.4 is 15.4 Å². The van der Waals surface area contributed by atoms with Gasteiger partial charge >= 0.3 is 0 Å². The first-order valence-corrected chi connectivity index (χ1v) is 7.78. The molecule has 0 aliphatic heterocycles. The van der Waals surface area contributed by atoms with E-state index in [9.17, 15) is 4.79 Å². The van der Waals surface area contributed by atoms with Gasteiger partial charge in [-0.3, -0.25) is 4.79 Å². The SMILES string of the molecule is CC(C)Oc1ccc(N[C@H](C)C(=O)Nc2ccccc2Cl)cn1. The number of halogens is 1. The number of carbonyl (C=O) groups excluding carboxylic acids is 1. The third-order valence-electron chi connectivity index (χ3n) is 3.00. The highest BCUT2D eigenvalue weighted by molar-refractivity contribution is 6.33. The summed E-state index contributed by atoms with van der Waals surface area (Å²) in [6.07, 6.45) is 1.71. The smallest absolute Gasteiger partial charge is 0.246 e. The number of hydrogen-bond acceptors (Lipinski definition) is 4. The van der Waals surface area contributed by atoms with Crippen LogP contribution in [0.5, 0.6) is 5.88 Å². The predicted octanol–water partition coefficient (Wildman–Crippen LogP) is 3.96. The van der Waals surface area contributed by atoms with Crippen molar-refractivity contribution >= 4 is 28.9 Å². The number of benzene rings is 1. The fourth-order valence-electron chi connectivity index (χ4n) is 1.90. The molecule has 0 aliphatic rings. The molecule has 0 radical (unpaired) electrons. The van der Waals surface area contributed by atoms with Crippen LogP contribution >= 0.6 is 11.6 Å². The average Bonchev–Trinajstić information content (AvgIpc) is 2.51. The van der Waals surface area contributed by atoms with E-state index in [1.165, 1.54) is 0 Å². The first-order chi connectivity index (χ1) is 11.0. The van der Waals surface area contributed by atoms with Crippen molar-refractivity contribution in [1.82, 2.24) is 4.98 Å². The molecule has 2 rings (SSSR count). The summed E-state index contributed by atoms with van der Waals surface area (Å²) in [6, 6.07) is 10.3. The molecule has 2 N–H and O–H groups in total. The fourth-order valence-corrected chi connectivity index (χ4v) is 2.08. The minimum Gasteiger partial charge on any atom is -0.475 e. The van der Waals surface area contributed by atoms with Gasteiger partial charge in [-0.25, -0.2) is 4.98 Å². The fraction of sp³-hybridized carbons (Fsp3) is 0.294. The minimum atomic E-state index is -0.440. The van der Waals surface area contributed by atoms with E-state index in [0.29, 0.717) is 16.6 Å². The van der Waals surface area contributed by atoms with Gasteiger partial charge < -0.3 is 15.4 Å². The van der Waals surface area contributed by atoms with Crippen LogP contribution in [-0.4, -0.2) is 23.0 Å². The van der Waals surface area contributed by atoms with Gasteiger partial charge in [-0.15, -0.1) is 0 Å². The lowest BCUT2D eigenvalue weighted by Gasteiger charge is -2.16. The van der Waals surface area contributed by atoms with E-state index in [4.69, 9.17) is 16.3 Å². The van der Waals surface area contributed by atoms with Crippen molar-refractivity contribution in [3.05, 3.63) is 47.6 Å². The summed E-state index contributed by atoms with van der Waals surface area (Å²) < 4.78 is 5.48. The van der Waals surface area contributed by atoms with Gasteiger partial charge in [0.25, 0.3) is 0 Å². The summed E-state index contributed by atoms with van der Waals surface area (Å²) in [6.45, 7) is 5.65. The standard InChI is InChI=1S/C17H20ClN3O2/c1-11(2)23-16-9-8-13(10-19-16)20-12(3)17(22)21-15-7-5-4-6-14(15)18/h4-12,20H,1-3H3,(H,21,22)/t12-/m1/s1. The quantitative estimate of drug-likeness (QED) is 0.839. The molecular weight excluding hydrogens is 314 g/mol. The molecule has 1 aromatic carbocycles. The van der Waals surface area contributed by atoms with E-state index in [-0.39, 0.29) is 12.0 Å². The third-order valence-corrected chi connectivity index (χ3v) is 3.33. The Morgan fingerprint density at radius 1 is 1.17 bits per heavy atom. The van der Waals surface area contributed by atoms with Crippen LogP contribution in [0.15, 0.2) is 42.6 Å². The summed E-state index contributed by atoms with van der Waals surface area (Å²) in [4.78, 5) is 16.4. The normalized spacial score (nSPS) is 11.9. The second-order valence-corrected chi connectivity index (χ2v) is 5.79. The van der Waals surface area contributed by atoms with Crippen LogP contribution in [0.1, 0.15) is 20.8 Å². The zero-order valence-corrected chi connectivity index (χ0v) is 14.1. The Kier molecular flexibility index (Phi) is 5.82. The van der Waals surface area contributed by atoms with E-state index in [1.54, 1.807) is 31.3 Å². The number of anilines is 2. The summed E-state index contributed by atoms with van der Waals surface area (Å²) in [5.41, 5.74) is 1.33. The first-order valence-electron chi connectivity index (χ1n) is 7.40. The molecule has 0 bridgehead atoms. The number of nitrogens with zero attached hydrogens (tertiary/aromatic N) is 1. The molecule has 0 aliphatic carbocycles. The highest BCUT2D eigenvalue weighted by atomic mass is 35.5. The van der Waals surface area contributed by atoms with Crippen molar-refractivity contribution < 1.29 is 9.53 Å². The summed E-state index contributed by atoms with van der Waals surface area (Å²) in [5.74, 6) is 0.374. The molecule has 1 aromatic heterocycles. The summed E-state index contributed by atoms with van der Waals surface area (Å²) in [7, 11) is 0. The predicted molar refractivity (Wildman–Crippen MR) is 93.2 cm³/mol. The Bertz CT molecular complexity index is 659. The van der Waals surface area contributed by atoms with Crippen molar-refractivity contribution in [2.24, 2.45) is 0 Å². The number of hydrogen-bond donors (Lipinski definition) is 2. The number of nitrogens with one attached hydrogen (secondary N) is 2.